The number of carbonyl (C=O) groups is 3. The fourth-order valence-corrected chi connectivity index (χ4v) is 4.03. The van der Waals surface area contributed by atoms with Gasteiger partial charge in [0.15, 0.2) is 0 Å². The van der Waals surface area contributed by atoms with Crippen molar-refractivity contribution in [1.82, 2.24) is 15.5 Å². The Morgan fingerprint density at radius 2 is 1.76 bits per heavy atom. The molecule has 2 aromatic rings. The van der Waals surface area contributed by atoms with Crippen LogP contribution in [0.1, 0.15) is 48.7 Å². The number of alkyl halides is 3. The summed E-state index contributed by atoms with van der Waals surface area (Å²) in [5.41, 5.74) is -1.48. The van der Waals surface area contributed by atoms with Crippen molar-refractivity contribution in [3.63, 3.8) is 0 Å². The minimum Gasteiger partial charge on any atom is -0.444 e. The van der Waals surface area contributed by atoms with Gasteiger partial charge in [-0.3, -0.25) is 19.8 Å². The highest BCUT2D eigenvalue weighted by atomic mass is 35.5. The fraction of sp³-hybridized carbons (Fsp3) is 0.423. The highest BCUT2D eigenvalue weighted by Crippen LogP contribution is 2.32. The maximum Gasteiger partial charge on any atom is 0.416 e. The Kier molecular flexibility index (Phi) is 9.26. The summed E-state index contributed by atoms with van der Waals surface area (Å²) in [6.07, 6.45) is -4.93. The van der Waals surface area contributed by atoms with E-state index in [4.69, 9.17) is 16.3 Å². The minimum atomic E-state index is -4.71. The zero-order chi connectivity index (χ0) is 28.1. The van der Waals surface area contributed by atoms with Gasteiger partial charge in [0.05, 0.1) is 23.4 Å². The average molecular weight is 555 g/mol. The molecule has 3 amide bonds. The molecule has 0 saturated carbocycles. The van der Waals surface area contributed by atoms with E-state index in [9.17, 15) is 27.6 Å². The van der Waals surface area contributed by atoms with Gasteiger partial charge in [0.2, 0.25) is 5.91 Å². The van der Waals surface area contributed by atoms with Crippen molar-refractivity contribution in [2.24, 2.45) is 0 Å². The number of benzene rings is 2. The van der Waals surface area contributed by atoms with Crippen LogP contribution in [0.4, 0.5) is 23.7 Å². The van der Waals surface area contributed by atoms with E-state index in [0.29, 0.717) is 30.6 Å². The monoisotopic (exact) mass is 554 g/mol. The maximum absolute atomic E-state index is 13.3. The molecule has 1 saturated heterocycles. The normalized spacial score (nSPS) is 16.1. The summed E-state index contributed by atoms with van der Waals surface area (Å²) in [6.45, 7) is 6.48. The predicted octanol–water partition coefficient (Wildman–Crippen LogP) is 4.83. The number of nitrogens with one attached hydrogen (secondary N) is 3. The van der Waals surface area contributed by atoms with Gasteiger partial charge in [-0.1, -0.05) is 23.7 Å². The molecule has 38 heavy (non-hydrogen) atoms. The number of anilines is 1. The number of hydrogen-bond acceptors (Lipinski definition) is 5. The number of carbonyl (C=O) groups excluding carboxylic acids is 3. The van der Waals surface area contributed by atoms with Crippen molar-refractivity contribution in [2.75, 3.05) is 25.0 Å². The van der Waals surface area contributed by atoms with Gasteiger partial charge < -0.3 is 15.4 Å². The third-order valence-corrected chi connectivity index (χ3v) is 5.85. The molecule has 206 valence electrons. The van der Waals surface area contributed by atoms with Crippen LogP contribution in [0.5, 0.6) is 0 Å². The molecule has 0 spiro atoms. The van der Waals surface area contributed by atoms with Crippen LogP contribution in [-0.4, -0.2) is 54.1 Å². The molecule has 0 bridgehead atoms. The second-order valence-electron chi connectivity index (χ2n) is 9.98. The molecular weight excluding hydrogens is 525 g/mol. The lowest BCUT2D eigenvalue weighted by atomic mass is 10.1. The molecule has 1 heterocycles. The van der Waals surface area contributed by atoms with Crippen molar-refractivity contribution in [3.8, 4) is 0 Å². The molecule has 1 aliphatic rings. The Hall–Kier alpha value is -3.31. The molecule has 1 unspecified atom stereocenters. The first kappa shape index (κ1) is 29.2. The Labute approximate surface area is 223 Å². The largest absolute Gasteiger partial charge is 0.444 e. The standard InChI is InChI=1S/C26H30ClF3N4O4/c1-25(2,3)38-24(37)33-21-9-6-17(26(28,29)30)12-20(21)23(36)31-13-22(35)32-19-10-11-34(15-19)14-16-4-7-18(27)8-5-16/h4-9,12,19H,10-11,13-15H2,1-3H3,(H,31,36)(H,32,35)(H,33,37). The SMILES string of the molecule is CC(C)(C)OC(=O)Nc1ccc(C(F)(F)F)cc1C(=O)NCC(=O)NC1CCN(Cc2ccc(Cl)cc2)C1. The van der Waals surface area contributed by atoms with E-state index in [1.54, 1.807) is 20.8 Å². The van der Waals surface area contributed by atoms with Crippen LogP contribution in [0.15, 0.2) is 42.5 Å². The molecule has 0 radical (unpaired) electrons. The van der Waals surface area contributed by atoms with E-state index in [1.807, 2.05) is 24.3 Å². The number of hydrogen-bond donors (Lipinski definition) is 3. The van der Waals surface area contributed by atoms with E-state index in [-0.39, 0.29) is 11.7 Å². The van der Waals surface area contributed by atoms with E-state index >= 15 is 0 Å². The van der Waals surface area contributed by atoms with Crippen LogP contribution in [0.3, 0.4) is 0 Å². The van der Waals surface area contributed by atoms with E-state index in [0.717, 1.165) is 24.2 Å². The molecule has 0 aromatic heterocycles. The van der Waals surface area contributed by atoms with Gasteiger partial charge in [-0.05, 0) is 63.1 Å². The smallest absolute Gasteiger partial charge is 0.416 e. The number of nitrogens with zero attached hydrogens (tertiary/aromatic N) is 1. The highest BCUT2D eigenvalue weighted by Gasteiger charge is 2.32. The van der Waals surface area contributed by atoms with Gasteiger partial charge in [0.1, 0.15) is 5.60 Å². The summed E-state index contributed by atoms with van der Waals surface area (Å²) in [5.74, 6) is -1.43. The minimum absolute atomic E-state index is 0.135. The molecular formula is C26H30ClF3N4O4. The number of amides is 3. The van der Waals surface area contributed by atoms with Gasteiger partial charge in [-0.2, -0.15) is 13.2 Å². The first-order valence-corrected chi connectivity index (χ1v) is 12.3. The molecule has 8 nitrogen and oxygen atoms in total. The van der Waals surface area contributed by atoms with Gasteiger partial charge >= 0.3 is 12.3 Å². The summed E-state index contributed by atoms with van der Waals surface area (Å²) in [4.78, 5) is 39.5. The van der Waals surface area contributed by atoms with Gasteiger partial charge in [-0.25, -0.2) is 4.79 Å². The van der Waals surface area contributed by atoms with E-state index in [1.165, 1.54) is 0 Å². The average Bonchev–Trinajstić information content (AvgIpc) is 3.23. The quantitative estimate of drug-likeness (QED) is 0.455. The third kappa shape index (κ3) is 8.91. The van der Waals surface area contributed by atoms with Crippen molar-refractivity contribution in [2.45, 2.75) is 51.6 Å². The second-order valence-corrected chi connectivity index (χ2v) is 10.4. The molecule has 0 aliphatic carbocycles. The molecule has 1 aliphatic heterocycles. The van der Waals surface area contributed by atoms with Crippen molar-refractivity contribution >= 4 is 35.2 Å². The maximum atomic E-state index is 13.3. The first-order valence-electron chi connectivity index (χ1n) is 12.0. The Morgan fingerprint density at radius 3 is 2.39 bits per heavy atom. The molecule has 3 rings (SSSR count). The summed E-state index contributed by atoms with van der Waals surface area (Å²) in [5, 5.41) is 8.12. The molecule has 2 aromatic carbocycles. The Balaban J connectivity index is 1.58. The number of ether oxygens (including phenoxy) is 1. The molecule has 3 N–H and O–H groups in total. The van der Waals surface area contributed by atoms with Gasteiger partial charge in [-0.15, -0.1) is 0 Å². The highest BCUT2D eigenvalue weighted by molar-refractivity contribution is 6.30. The lowest BCUT2D eigenvalue weighted by molar-refractivity contribution is -0.137. The molecule has 1 atom stereocenters. The first-order chi connectivity index (χ1) is 17.7. The van der Waals surface area contributed by atoms with Crippen LogP contribution in [-0.2, 0) is 22.3 Å². The topological polar surface area (TPSA) is 99.8 Å². The van der Waals surface area contributed by atoms with Crippen molar-refractivity contribution in [3.05, 3.63) is 64.2 Å². The van der Waals surface area contributed by atoms with Crippen LogP contribution < -0.4 is 16.0 Å². The predicted molar refractivity (Wildman–Crippen MR) is 137 cm³/mol. The molecule has 1 fully saturated rings. The zero-order valence-electron chi connectivity index (χ0n) is 21.2. The van der Waals surface area contributed by atoms with Gasteiger partial charge in [0.25, 0.3) is 5.91 Å². The molecule has 12 heteroatoms. The van der Waals surface area contributed by atoms with E-state index in [2.05, 4.69) is 20.9 Å². The lowest BCUT2D eigenvalue weighted by Gasteiger charge is -2.21. The number of halogens is 4. The van der Waals surface area contributed by atoms with Gasteiger partial charge in [0, 0.05) is 30.7 Å². The Bertz CT molecular complexity index is 1170. The van der Waals surface area contributed by atoms with Crippen LogP contribution in [0.2, 0.25) is 5.02 Å². The van der Waals surface area contributed by atoms with Crippen molar-refractivity contribution < 1.29 is 32.3 Å². The summed E-state index contributed by atoms with van der Waals surface area (Å²) in [6, 6.07) is 9.69. The summed E-state index contributed by atoms with van der Waals surface area (Å²) < 4.78 is 44.9. The summed E-state index contributed by atoms with van der Waals surface area (Å²) in [7, 11) is 0. The number of likely N-dealkylation sites (tertiary alicyclic amines) is 1. The lowest BCUT2D eigenvalue weighted by Crippen LogP contribution is -2.43. The van der Waals surface area contributed by atoms with Crippen LogP contribution in [0, 0.1) is 0 Å². The Morgan fingerprint density at radius 1 is 1.08 bits per heavy atom. The second kappa shape index (κ2) is 12.0. The third-order valence-electron chi connectivity index (χ3n) is 5.59. The van der Waals surface area contributed by atoms with E-state index < -0.39 is 47.4 Å². The van der Waals surface area contributed by atoms with Crippen molar-refractivity contribution in [1.29, 1.82) is 0 Å². The zero-order valence-corrected chi connectivity index (χ0v) is 22.0. The van der Waals surface area contributed by atoms with Crippen LogP contribution >= 0.6 is 11.6 Å². The fourth-order valence-electron chi connectivity index (χ4n) is 3.91. The van der Waals surface area contributed by atoms with Crippen LogP contribution in [0.25, 0.3) is 0 Å². The number of rotatable bonds is 7. The summed E-state index contributed by atoms with van der Waals surface area (Å²) >= 11 is 5.92.